The van der Waals surface area contributed by atoms with Crippen LogP contribution >= 0.6 is 0 Å². The molecule has 5 rings (SSSR count). The van der Waals surface area contributed by atoms with E-state index < -0.39 is 0 Å². The Balaban J connectivity index is 1.69. The Morgan fingerprint density at radius 2 is 1.60 bits per heavy atom. The molecule has 1 aromatic rings. The van der Waals surface area contributed by atoms with Crippen LogP contribution in [-0.2, 0) is 6.54 Å². The van der Waals surface area contributed by atoms with Gasteiger partial charge in [0, 0.05) is 24.8 Å². The van der Waals surface area contributed by atoms with E-state index in [-0.39, 0.29) is 0 Å². The topological polar surface area (TPSA) is 29.3 Å². The minimum absolute atomic E-state index is 0.431. The monoisotopic (exact) mass is 270 g/mol. The number of para-hydroxylation sites is 1. The Morgan fingerprint density at radius 3 is 2.15 bits per heavy atom. The zero-order chi connectivity index (χ0) is 13.7. The molecule has 2 heteroatoms. The Morgan fingerprint density at radius 1 is 1.05 bits per heavy atom. The SMILES string of the molecule is CN(c1ccccc1CN)C12CC3CC(CC(C3)C1)C2. The van der Waals surface area contributed by atoms with Gasteiger partial charge in [0.15, 0.2) is 0 Å². The summed E-state index contributed by atoms with van der Waals surface area (Å²) >= 11 is 0. The van der Waals surface area contributed by atoms with Gasteiger partial charge in [-0.15, -0.1) is 0 Å². The molecule has 0 heterocycles. The number of hydrogen-bond donors (Lipinski definition) is 1. The van der Waals surface area contributed by atoms with Gasteiger partial charge in [0.2, 0.25) is 0 Å². The predicted molar refractivity (Wildman–Crippen MR) is 83.6 cm³/mol. The second kappa shape index (κ2) is 4.49. The van der Waals surface area contributed by atoms with Gasteiger partial charge in [-0.05, 0) is 67.9 Å². The molecule has 0 atom stereocenters. The van der Waals surface area contributed by atoms with E-state index in [1.54, 1.807) is 0 Å². The highest BCUT2D eigenvalue weighted by molar-refractivity contribution is 5.55. The van der Waals surface area contributed by atoms with Crippen LogP contribution in [-0.4, -0.2) is 12.6 Å². The lowest BCUT2D eigenvalue weighted by Gasteiger charge is -2.60. The van der Waals surface area contributed by atoms with Crippen LogP contribution in [0.4, 0.5) is 5.69 Å². The van der Waals surface area contributed by atoms with Crippen molar-refractivity contribution in [3.05, 3.63) is 29.8 Å². The molecule has 0 unspecified atom stereocenters. The molecule has 108 valence electrons. The summed E-state index contributed by atoms with van der Waals surface area (Å²) in [5, 5.41) is 0. The summed E-state index contributed by atoms with van der Waals surface area (Å²) in [6.45, 7) is 0.646. The minimum atomic E-state index is 0.431. The number of anilines is 1. The van der Waals surface area contributed by atoms with Crippen molar-refractivity contribution < 1.29 is 0 Å². The zero-order valence-electron chi connectivity index (χ0n) is 12.5. The molecular formula is C18H26N2. The maximum atomic E-state index is 5.95. The fourth-order valence-corrected chi connectivity index (χ4v) is 5.74. The van der Waals surface area contributed by atoms with E-state index in [1.165, 1.54) is 49.8 Å². The van der Waals surface area contributed by atoms with Crippen LogP contribution in [0.15, 0.2) is 24.3 Å². The number of nitrogens with zero attached hydrogens (tertiary/aromatic N) is 1. The van der Waals surface area contributed by atoms with Crippen LogP contribution < -0.4 is 10.6 Å². The summed E-state index contributed by atoms with van der Waals surface area (Å²) in [4.78, 5) is 2.61. The van der Waals surface area contributed by atoms with Crippen molar-refractivity contribution in [2.24, 2.45) is 23.5 Å². The van der Waals surface area contributed by atoms with E-state index in [1.807, 2.05) is 0 Å². The fraction of sp³-hybridized carbons (Fsp3) is 0.667. The van der Waals surface area contributed by atoms with Crippen molar-refractivity contribution in [2.75, 3.05) is 11.9 Å². The first-order valence-electron chi connectivity index (χ1n) is 8.22. The third-order valence-corrected chi connectivity index (χ3v) is 6.29. The smallest absolute Gasteiger partial charge is 0.0413 e. The van der Waals surface area contributed by atoms with Crippen LogP contribution in [0.3, 0.4) is 0 Å². The number of rotatable bonds is 3. The Hall–Kier alpha value is -1.02. The van der Waals surface area contributed by atoms with Crippen molar-refractivity contribution >= 4 is 5.69 Å². The molecule has 4 aliphatic carbocycles. The Bertz CT molecular complexity index is 473. The standard InChI is InChI=1S/C18H26N2/c1-20(17-5-3-2-4-16(17)12-19)18-9-13-6-14(10-18)8-15(7-13)11-18/h2-5,13-15H,6-12,19H2,1H3. The number of hydrogen-bond acceptors (Lipinski definition) is 2. The largest absolute Gasteiger partial charge is 0.369 e. The highest BCUT2D eigenvalue weighted by Gasteiger charge is 2.52. The third-order valence-electron chi connectivity index (χ3n) is 6.29. The summed E-state index contributed by atoms with van der Waals surface area (Å²) in [7, 11) is 2.32. The van der Waals surface area contributed by atoms with E-state index in [4.69, 9.17) is 5.73 Å². The second-order valence-electron chi connectivity index (χ2n) is 7.53. The molecule has 2 N–H and O–H groups in total. The van der Waals surface area contributed by atoms with E-state index in [0.29, 0.717) is 12.1 Å². The third kappa shape index (κ3) is 1.81. The highest BCUT2D eigenvalue weighted by atomic mass is 15.2. The van der Waals surface area contributed by atoms with Gasteiger partial charge in [-0.25, -0.2) is 0 Å². The Kier molecular flexibility index (Phi) is 2.85. The van der Waals surface area contributed by atoms with E-state index in [9.17, 15) is 0 Å². The van der Waals surface area contributed by atoms with E-state index >= 15 is 0 Å². The van der Waals surface area contributed by atoms with Gasteiger partial charge in [-0.1, -0.05) is 18.2 Å². The van der Waals surface area contributed by atoms with Crippen LogP contribution in [0.1, 0.15) is 44.1 Å². The lowest BCUT2D eigenvalue weighted by molar-refractivity contribution is -0.00206. The first-order valence-corrected chi connectivity index (χ1v) is 8.22. The summed E-state index contributed by atoms with van der Waals surface area (Å²) in [5.74, 6) is 2.98. The van der Waals surface area contributed by atoms with Gasteiger partial charge in [0.05, 0.1) is 0 Å². The molecule has 1 aromatic carbocycles. The van der Waals surface area contributed by atoms with Gasteiger partial charge in [0.25, 0.3) is 0 Å². The van der Waals surface area contributed by atoms with Gasteiger partial charge in [-0.2, -0.15) is 0 Å². The van der Waals surface area contributed by atoms with Gasteiger partial charge in [0.1, 0.15) is 0 Å². The van der Waals surface area contributed by atoms with E-state index in [2.05, 4.69) is 36.2 Å². The first kappa shape index (κ1) is 12.7. The molecule has 20 heavy (non-hydrogen) atoms. The molecule has 0 amide bonds. The molecule has 0 aromatic heterocycles. The average molecular weight is 270 g/mol. The molecule has 0 radical (unpaired) electrons. The molecule has 4 fully saturated rings. The quantitative estimate of drug-likeness (QED) is 0.910. The maximum absolute atomic E-state index is 5.95. The van der Waals surface area contributed by atoms with Crippen molar-refractivity contribution in [2.45, 2.75) is 50.6 Å². The normalized spacial score (nSPS) is 38.2. The molecule has 0 spiro atoms. The van der Waals surface area contributed by atoms with Crippen LogP contribution in [0.5, 0.6) is 0 Å². The molecule has 0 aliphatic heterocycles. The van der Waals surface area contributed by atoms with Crippen LogP contribution in [0, 0.1) is 17.8 Å². The van der Waals surface area contributed by atoms with Crippen molar-refractivity contribution in [3.8, 4) is 0 Å². The lowest BCUT2D eigenvalue weighted by Crippen LogP contribution is -2.59. The molecule has 0 saturated heterocycles. The molecule has 4 aliphatic rings. The summed E-state index contributed by atoms with van der Waals surface area (Å²) in [6, 6.07) is 8.72. The summed E-state index contributed by atoms with van der Waals surface area (Å²) in [6.07, 6.45) is 8.75. The second-order valence-corrected chi connectivity index (χ2v) is 7.53. The van der Waals surface area contributed by atoms with Crippen molar-refractivity contribution in [1.82, 2.24) is 0 Å². The van der Waals surface area contributed by atoms with Crippen molar-refractivity contribution in [3.63, 3.8) is 0 Å². The van der Waals surface area contributed by atoms with Gasteiger partial charge >= 0.3 is 0 Å². The zero-order valence-corrected chi connectivity index (χ0v) is 12.5. The summed E-state index contributed by atoms with van der Waals surface area (Å²) in [5.41, 5.74) is 9.05. The average Bonchev–Trinajstić information content (AvgIpc) is 2.45. The van der Waals surface area contributed by atoms with Crippen LogP contribution in [0.25, 0.3) is 0 Å². The summed E-state index contributed by atoms with van der Waals surface area (Å²) < 4.78 is 0. The Labute approximate surface area is 122 Å². The van der Waals surface area contributed by atoms with Crippen molar-refractivity contribution in [1.29, 1.82) is 0 Å². The lowest BCUT2D eigenvalue weighted by atomic mass is 9.52. The van der Waals surface area contributed by atoms with Crippen LogP contribution in [0.2, 0.25) is 0 Å². The molecule has 2 nitrogen and oxygen atoms in total. The molecular weight excluding hydrogens is 244 g/mol. The number of benzene rings is 1. The fourth-order valence-electron chi connectivity index (χ4n) is 5.74. The minimum Gasteiger partial charge on any atom is -0.369 e. The molecule has 4 bridgehead atoms. The van der Waals surface area contributed by atoms with Gasteiger partial charge < -0.3 is 10.6 Å². The van der Waals surface area contributed by atoms with E-state index in [0.717, 1.165) is 17.8 Å². The number of nitrogens with two attached hydrogens (primary N) is 1. The molecule has 4 saturated carbocycles. The van der Waals surface area contributed by atoms with Gasteiger partial charge in [-0.3, -0.25) is 0 Å². The first-order chi connectivity index (χ1) is 9.70. The maximum Gasteiger partial charge on any atom is 0.0413 e. The highest BCUT2D eigenvalue weighted by Crippen LogP contribution is 2.58. The predicted octanol–water partition coefficient (Wildman–Crippen LogP) is 3.55.